The third-order valence-corrected chi connectivity index (χ3v) is 3.99. The van der Waals surface area contributed by atoms with Gasteiger partial charge in [-0.25, -0.2) is 4.39 Å². The van der Waals surface area contributed by atoms with Gasteiger partial charge in [0.25, 0.3) is 0 Å². The van der Waals surface area contributed by atoms with E-state index < -0.39 is 0 Å². The van der Waals surface area contributed by atoms with Crippen molar-refractivity contribution < 1.29 is 4.39 Å². The molecule has 0 bridgehead atoms. The highest BCUT2D eigenvalue weighted by Crippen LogP contribution is 2.19. The summed E-state index contributed by atoms with van der Waals surface area (Å²) in [5.41, 5.74) is 3.25. The molecule has 0 saturated heterocycles. The lowest BCUT2D eigenvalue weighted by molar-refractivity contribution is 0.629. The number of H-pyrrole nitrogens is 1. The standard InChI is InChI=1S/C18H22FN5.HI/c1-20-18(23-10-13-6-8-24(2)12-13)21-7-5-14-11-22-17-4-3-15(19)9-16(14)17;/h3-4,6,8-9,11-12,22H,5,7,10H2,1-2H3,(H2,20,21,23);1H. The largest absolute Gasteiger partial charge is 0.361 e. The molecule has 2 heterocycles. The number of fused-ring (bicyclic) bond motifs is 1. The molecule has 0 saturated carbocycles. The first kappa shape index (κ1) is 19.3. The van der Waals surface area contributed by atoms with Crippen LogP contribution in [-0.4, -0.2) is 29.1 Å². The molecule has 2 aromatic heterocycles. The Kier molecular flexibility index (Phi) is 6.86. The van der Waals surface area contributed by atoms with Crippen molar-refractivity contribution in [1.82, 2.24) is 20.2 Å². The highest BCUT2D eigenvalue weighted by Gasteiger charge is 2.05. The van der Waals surface area contributed by atoms with E-state index in [1.807, 2.05) is 24.0 Å². The maximum atomic E-state index is 13.4. The molecule has 3 rings (SSSR count). The number of nitrogens with one attached hydrogen (secondary N) is 3. The van der Waals surface area contributed by atoms with Crippen molar-refractivity contribution in [3.05, 3.63) is 59.8 Å². The van der Waals surface area contributed by atoms with Gasteiger partial charge < -0.3 is 20.2 Å². The Morgan fingerprint density at radius 3 is 2.84 bits per heavy atom. The SMILES string of the molecule is CN=C(NCCc1c[nH]c2ccc(F)cc12)NCc1ccn(C)c1.I. The fourth-order valence-electron chi connectivity index (χ4n) is 2.74. The van der Waals surface area contributed by atoms with Crippen LogP contribution in [0.5, 0.6) is 0 Å². The van der Waals surface area contributed by atoms with Crippen LogP contribution in [0.15, 0.2) is 47.8 Å². The summed E-state index contributed by atoms with van der Waals surface area (Å²) >= 11 is 0. The minimum Gasteiger partial charge on any atom is -0.361 e. The summed E-state index contributed by atoms with van der Waals surface area (Å²) in [5.74, 6) is 0.543. The number of aryl methyl sites for hydroxylation is 1. The second-order valence-electron chi connectivity index (χ2n) is 5.79. The van der Waals surface area contributed by atoms with Crippen LogP contribution in [0.25, 0.3) is 10.9 Å². The van der Waals surface area contributed by atoms with Gasteiger partial charge in [-0.1, -0.05) is 0 Å². The summed E-state index contributed by atoms with van der Waals surface area (Å²) < 4.78 is 15.4. The maximum Gasteiger partial charge on any atom is 0.191 e. The van der Waals surface area contributed by atoms with E-state index in [9.17, 15) is 4.39 Å². The predicted molar refractivity (Wildman–Crippen MR) is 111 cm³/mol. The first-order valence-corrected chi connectivity index (χ1v) is 7.96. The number of halogens is 2. The van der Waals surface area contributed by atoms with Crippen LogP contribution in [0, 0.1) is 5.82 Å². The van der Waals surface area contributed by atoms with E-state index >= 15 is 0 Å². The highest BCUT2D eigenvalue weighted by atomic mass is 127. The predicted octanol–water partition coefficient (Wildman–Crippen LogP) is 3.17. The van der Waals surface area contributed by atoms with Crippen molar-refractivity contribution in [2.45, 2.75) is 13.0 Å². The van der Waals surface area contributed by atoms with Crippen LogP contribution in [0.4, 0.5) is 4.39 Å². The van der Waals surface area contributed by atoms with Gasteiger partial charge in [-0.3, -0.25) is 4.99 Å². The van der Waals surface area contributed by atoms with Crippen LogP contribution in [0.1, 0.15) is 11.1 Å². The quantitative estimate of drug-likeness (QED) is 0.315. The maximum absolute atomic E-state index is 13.4. The fraction of sp³-hybridized carbons (Fsp3) is 0.278. The van der Waals surface area contributed by atoms with E-state index in [2.05, 4.69) is 32.9 Å². The molecule has 0 atom stereocenters. The van der Waals surface area contributed by atoms with E-state index in [1.165, 1.54) is 11.6 Å². The van der Waals surface area contributed by atoms with Gasteiger partial charge in [-0.05, 0) is 41.8 Å². The van der Waals surface area contributed by atoms with Gasteiger partial charge in [-0.2, -0.15) is 0 Å². The van der Waals surface area contributed by atoms with Crippen LogP contribution in [0.2, 0.25) is 0 Å². The van der Waals surface area contributed by atoms with Crippen molar-refractivity contribution in [3.63, 3.8) is 0 Å². The highest BCUT2D eigenvalue weighted by molar-refractivity contribution is 14.0. The number of rotatable bonds is 5. The first-order chi connectivity index (χ1) is 11.7. The third kappa shape index (κ3) is 4.97. The Hall–Kier alpha value is -2.03. The molecule has 0 aliphatic heterocycles. The number of nitrogens with zero attached hydrogens (tertiary/aromatic N) is 2. The van der Waals surface area contributed by atoms with Gasteiger partial charge in [0.15, 0.2) is 5.96 Å². The molecule has 0 fully saturated rings. The van der Waals surface area contributed by atoms with Gasteiger partial charge in [-0.15, -0.1) is 24.0 Å². The number of benzene rings is 1. The normalized spacial score (nSPS) is 11.4. The van der Waals surface area contributed by atoms with Crippen LogP contribution in [0.3, 0.4) is 0 Å². The minimum atomic E-state index is -0.211. The lowest BCUT2D eigenvalue weighted by Gasteiger charge is -2.11. The zero-order valence-corrected chi connectivity index (χ0v) is 16.7. The molecule has 7 heteroatoms. The van der Waals surface area contributed by atoms with Crippen molar-refractivity contribution in [3.8, 4) is 0 Å². The van der Waals surface area contributed by atoms with Crippen LogP contribution in [-0.2, 0) is 20.0 Å². The summed E-state index contributed by atoms with van der Waals surface area (Å²) in [6, 6.07) is 6.88. The molecule has 25 heavy (non-hydrogen) atoms. The summed E-state index contributed by atoms with van der Waals surface area (Å²) in [6.45, 7) is 1.44. The molecule has 3 N–H and O–H groups in total. The fourth-order valence-corrected chi connectivity index (χ4v) is 2.74. The Labute approximate surface area is 163 Å². The Balaban J connectivity index is 0.00000225. The molecular weight excluding hydrogens is 432 g/mol. The smallest absolute Gasteiger partial charge is 0.191 e. The Morgan fingerprint density at radius 2 is 2.12 bits per heavy atom. The van der Waals surface area contributed by atoms with Crippen molar-refractivity contribution in [2.24, 2.45) is 12.0 Å². The number of hydrogen-bond acceptors (Lipinski definition) is 1. The Morgan fingerprint density at radius 1 is 1.28 bits per heavy atom. The van der Waals surface area contributed by atoms with Gasteiger partial charge in [0.1, 0.15) is 5.82 Å². The second-order valence-corrected chi connectivity index (χ2v) is 5.79. The van der Waals surface area contributed by atoms with Crippen molar-refractivity contribution >= 4 is 40.8 Å². The van der Waals surface area contributed by atoms with E-state index in [1.54, 1.807) is 19.2 Å². The number of aliphatic imine (C=N–C) groups is 1. The molecule has 0 amide bonds. The van der Waals surface area contributed by atoms with Gasteiger partial charge >= 0.3 is 0 Å². The average molecular weight is 455 g/mol. The minimum absolute atomic E-state index is 0. The van der Waals surface area contributed by atoms with Gasteiger partial charge in [0.05, 0.1) is 0 Å². The molecule has 134 valence electrons. The molecule has 0 radical (unpaired) electrons. The second kappa shape index (κ2) is 8.89. The summed E-state index contributed by atoms with van der Waals surface area (Å²) in [6.07, 6.45) is 6.81. The van der Waals surface area contributed by atoms with E-state index in [0.717, 1.165) is 41.9 Å². The number of aromatic nitrogens is 2. The molecule has 0 unspecified atom stereocenters. The molecule has 0 aliphatic rings. The summed E-state index contributed by atoms with van der Waals surface area (Å²) in [4.78, 5) is 7.40. The van der Waals surface area contributed by atoms with E-state index in [4.69, 9.17) is 0 Å². The number of hydrogen-bond donors (Lipinski definition) is 3. The molecule has 3 aromatic rings. The zero-order chi connectivity index (χ0) is 16.9. The molecule has 5 nitrogen and oxygen atoms in total. The van der Waals surface area contributed by atoms with E-state index in [0.29, 0.717) is 0 Å². The monoisotopic (exact) mass is 455 g/mol. The topological polar surface area (TPSA) is 57.1 Å². The van der Waals surface area contributed by atoms with Gasteiger partial charge in [0.2, 0.25) is 0 Å². The Bertz CT molecular complexity index is 852. The van der Waals surface area contributed by atoms with Gasteiger partial charge in [0, 0.05) is 56.7 Å². The van der Waals surface area contributed by atoms with E-state index in [-0.39, 0.29) is 29.8 Å². The third-order valence-electron chi connectivity index (χ3n) is 3.99. The van der Waals surface area contributed by atoms with Crippen molar-refractivity contribution in [2.75, 3.05) is 13.6 Å². The molecule has 1 aromatic carbocycles. The molecule has 0 spiro atoms. The first-order valence-electron chi connectivity index (χ1n) is 7.96. The summed E-state index contributed by atoms with van der Waals surface area (Å²) in [7, 11) is 3.75. The van der Waals surface area contributed by atoms with Crippen LogP contribution < -0.4 is 10.6 Å². The lowest BCUT2D eigenvalue weighted by atomic mass is 10.1. The van der Waals surface area contributed by atoms with Crippen molar-refractivity contribution in [1.29, 1.82) is 0 Å². The average Bonchev–Trinajstić information content (AvgIpc) is 3.17. The molecular formula is C18H23FIN5. The van der Waals surface area contributed by atoms with Crippen LogP contribution >= 0.6 is 24.0 Å². The zero-order valence-electron chi connectivity index (χ0n) is 14.3. The summed E-state index contributed by atoms with van der Waals surface area (Å²) in [5, 5.41) is 7.51. The lowest BCUT2D eigenvalue weighted by Crippen LogP contribution is -2.37. The molecule has 0 aliphatic carbocycles. The number of guanidine groups is 1. The number of aromatic amines is 1.